The summed E-state index contributed by atoms with van der Waals surface area (Å²) in [5.41, 5.74) is -0.766. The summed E-state index contributed by atoms with van der Waals surface area (Å²) in [4.78, 5) is 24.4. The average Bonchev–Trinajstić information content (AvgIpc) is 3.24. The largest absolute Gasteiger partial charge is 0.467 e. The Kier molecular flexibility index (Phi) is 6.41. The lowest BCUT2D eigenvalue weighted by Crippen LogP contribution is -2.23. The molecule has 9 heteroatoms. The summed E-state index contributed by atoms with van der Waals surface area (Å²) in [6.45, 7) is -0.413. The van der Waals surface area contributed by atoms with Gasteiger partial charge in [-0.25, -0.2) is 4.79 Å². The van der Waals surface area contributed by atoms with Gasteiger partial charge in [0.05, 0.1) is 29.6 Å². The molecule has 0 radical (unpaired) electrons. The maximum absolute atomic E-state index is 13.0. The molecule has 1 heterocycles. The molecule has 0 aliphatic heterocycles. The Bertz CT molecular complexity index is 1020. The molecule has 6 nitrogen and oxygen atoms in total. The Morgan fingerprint density at radius 1 is 0.933 bits per heavy atom. The molecule has 1 amide bonds. The number of carbonyl (C=O) groups is 2. The molecule has 2 N–H and O–H groups in total. The molecule has 0 spiro atoms. The summed E-state index contributed by atoms with van der Waals surface area (Å²) in [6, 6.07) is 14.5. The van der Waals surface area contributed by atoms with Gasteiger partial charge in [-0.3, -0.25) is 4.79 Å². The highest BCUT2D eigenvalue weighted by Crippen LogP contribution is 2.34. The van der Waals surface area contributed by atoms with Crippen molar-refractivity contribution in [3.05, 3.63) is 83.8 Å². The van der Waals surface area contributed by atoms with Crippen molar-refractivity contribution in [2.75, 3.05) is 17.2 Å². The molecule has 3 aromatic rings. The summed E-state index contributed by atoms with van der Waals surface area (Å²) in [7, 11) is 0. The molecule has 0 aliphatic rings. The standard InChI is InChI=1S/C21H17F3N2O4/c22-21(23,24)16-8-2-4-10-18(16)26-19(27)13-30-20(28)15-7-1-3-9-17(15)25-12-14-6-5-11-29-14/h1-11,25H,12-13H2,(H,26,27). The van der Waals surface area contributed by atoms with E-state index < -0.39 is 35.9 Å². The predicted molar refractivity (Wildman–Crippen MR) is 103 cm³/mol. The van der Waals surface area contributed by atoms with Gasteiger partial charge in [-0.05, 0) is 36.4 Å². The van der Waals surface area contributed by atoms with Crippen molar-refractivity contribution in [2.45, 2.75) is 12.7 Å². The molecule has 0 fully saturated rings. The first-order valence-corrected chi connectivity index (χ1v) is 8.83. The van der Waals surface area contributed by atoms with Crippen molar-refractivity contribution < 1.29 is 31.9 Å². The van der Waals surface area contributed by atoms with Crippen molar-refractivity contribution in [1.29, 1.82) is 0 Å². The number of alkyl halides is 3. The number of ether oxygens (including phenoxy) is 1. The molecule has 0 aliphatic carbocycles. The van der Waals surface area contributed by atoms with Crippen LogP contribution >= 0.6 is 0 Å². The highest BCUT2D eigenvalue weighted by Gasteiger charge is 2.33. The van der Waals surface area contributed by atoms with Crippen LogP contribution in [0.5, 0.6) is 0 Å². The first kappa shape index (κ1) is 21.0. The summed E-state index contributed by atoms with van der Waals surface area (Å²) in [5, 5.41) is 5.15. The lowest BCUT2D eigenvalue weighted by molar-refractivity contribution is -0.137. The van der Waals surface area contributed by atoms with Crippen LogP contribution < -0.4 is 10.6 Å². The maximum atomic E-state index is 13.0. The molecule has 1 aromatic heterocycles. The molecule has 0 atom stereocenters. The molecule has 0 saturated heterocycles. The van der Waals surface area contributed by atoms with E-state index in [1.54, 1.807) is 30.3 Å². The second-order valence-corrected chi connectivity index (χ2v) is 6.15. The minimum Gasteiger partial charge on any atom is -0.467 e. The Labute approximate surface area is 169 Å². The second-order valence-electron chi connectivity index (χ2n) is 6.15. The quantitative estimate of drug-likeness (QED) is 0.544. The van der Waals surface area contributed by atoms with Crippen LogP contribution in [0.15, 0.2) is 71.3 Å². The van der Waals surface area contributed by atoms with Crippen LogP contribution in [0.25, 0.3) is 0 Å². The number of hydrogen-bond donors (Lipinski definition) is 2. The van der Waals surface area contributed by atoms with Gasteiger partial charge in [0, 0.05) is 5.69 Å². The van der Waals surface area contributed by atoms with Crippen LogP contribution in [0.4, 0.5) is 24.5 Å². The lowest BCUT2D eigenvalue weighted by Gasteiger charge is -2.14. The highest BCUT2D eigenvalue weighted by molar-refractivity contribution is 5.98. The molecular weight excluding hydrogens is 401 g/mol. The van der Waals surface area contributed by atoms with E-state index in [0.717, 1.165) is 12.1 Å². The van der Waals surface area contributed by atoms with Crippen LogP contribution in [0.1, 0.15) is 21.7 Å². The second kappa shape index (κ2) is 9.17. The number of furan rings is 1. The van der Waals surface area contributed by atoms with Gasteiger partial charge in [0.25, 0.3) is 5.91 Å². The zero-order valence-electron chi connectivity index (χ0n) is 15.5. The molecule has 156 valence electrons. The van der Waals surface area contributed by atoms with Crippen LogP contribution in [-0.4, -0.2) is 18.5 Å². The molecule has 0 saturated carbocycles. The van der Waals surface area contributed by atoms with E-state index in [1.807, 2.05) is 0 Å². The Morgan fingerprint density at radius 2 is 1.63 bits per heavy atom. The zero-order chi connectivity index (χ0) is 21.6. The first-order chi connectivity index (χ1) is 14.3. The maximum Gasteiger partial charge on any atom is 0.418 e. The van der Waals surface area contributed by atoms with Crippen molar-refractivity contribution >= 4 is 23.3 Å². The monoisotopic (exact) mass is 418 g/mol. The van der Waals surface area contributed by atoms with Crippen molar-refractivity contribution in [1.82, 2.24) is 0 Å². The van der Waals surface area contributed by atoms with Crippen LogP contribution in [0, 0.1) is 0 Å². The van der Waals surface area contributed by atoms with Crippen molar-refractivity contribution in [3.8, 4) is 0 Å². The Morgan fingerprint density at radius 3 is 2.33 bits per heavy atom. The third-order valence-corrected chi connectivity index (χ3v) is 4.02. The van der Waals surface area contributed by atoms with E-state index in [0.29, 0.717) is 18.0 Å². The summed E-state index contributed by atoms with van der Waals surface area (Å²) >= 11 is 0. The average molecular weight is 418 g/mol. The summed E-state index contributed by atoms with van der Waals surface area (Å²) in [6.07, 6.45) is -3.11. The lowest BCUT2D eigenvalue weighted by atomic mass is 10.1. The number of para-hydroxylation sites is 2. The fourth-order valence-corrected chi connectivity index (χ4v) is 2.65. The molecule has 3 rings (SSSR count). The van der Waals surface area contributed by atoms with E-state index in [9.17, 15) is 22.8 Å². The SMILES string of the molecule is O=C(COC(=O)c1ccccc1NCc1ccco1)Nc1ccccc1C(F)(F)F. The van der Waals surface area contributed by atoms with Gasteiger partial charge in [-0.1, -0.05) is 24.3 Å². The first-order valence-electron chi connectivity index (χ1n) is 8.83. The fraction of sp³-hybridized carbons (Fsp3) is 0.143. The third-order valence-electron chi connectivity index (χ3n) is 4.02. The normalized spacial score (nSPS) is 11.0. The van der Waals surface area contributed by atoms with E-state index in [1.165, 1.54) is 24.5 Å². The van der Waals surface area contributed by atoms with Crippen molar-refractivity contribution in [3.63, 3.8) is 0 Å². The number of nitrogens with one attached hydrogen (secondary N) is 2. The number of esters is 1. The zero-order valence-corrected chi connectivity index (χ0v) is 15.5. The summed E-state index contributed by atoms with van der Waals surface area (Å²) in [5.74, 6) is -1.03. The van der Waals surface area contributed by atoms with E-state index >= 15 is 0 Å². The third kappa shape index (κ3) is 5.40. The minimum atomic E-state index is -4.63. The molecule has 0 unspecified atom stereocenters. The highest BCUT2D eigenvalue weighted by atomic mass is 19.4. The molecule has 0 bridgehead atoms. The Balaban J connectivity index is 1.60. The molecule has 2 aromatic carbocycles. The number of rotatable bonds is 7. The Hall–Kier alpha value is -3.75. The van der Waals surface area contributed by atoms with Gasteiger partial charge in [-0.15, -0.1) is 0 Å². The van der Waals surface area contributed by atoms with E-state index in [4.69, 9.17) is 9.15 Å². The number of benzene rings is 2. The number of hydrogen-bond acceptors (Lipinski definition) is 5. The van der Waals surface area contributed by atoms with Gasteiger partial charge in [-0.2, -0.15) is 13.2 Å². The van der Waals surface area contributed by atoms with Crippen LogP contribution in [0.3, 0.4) is 0 Å². The van der Waals surface area contributed by atoms with Crippen LogP contribution in [-0.2, 0) is 22.3 Å². The van der Waals surface area contributed by atoms with Crippen molar-refractivity contribution in [2.24, 2.45) is 0 Å². The van der Waals surface area contributed by atoms with Gasteiger partial charge in [0.2, 0.25) is 0 Å². The topological polar surface area (TPSA) is 80.6 Å². The molecular formula is C21H17F3N2O4. The van der Waals surface area contributed by atoms with Gasteiger partial charge in [0.15, 0.2) is 6.61 Å². The summed E-state index contributed by atoms with van der Waals surface area (Å²) < 4.78 is 49.2. The van der Waals surface area contributed by atoms with Gasteiger partial charge >= 0.3 is 12.1 Å². The number of amides is 1. The fourth-order valence-electron chi connectivity index (χ4n) is 2.65. The minimum absolute atomic E-state index is 0.174. The van der Waals surface area contributed by atoms with Gasteiger partial charge < -0.3 is 19.8 Å². The predicted octanol–water partition coefficient (Wildman–Crippen LogP) is 4.71. The van der Waals surface area contributed by atoms with E-state index in [2.05, 4.69) is 10.6 Å². The number of halogens is 3. The number of anilines is 2. The van der Waals surface area contributed by atoms with E-state index in [-0.39, 0.29) is 5.56 Å². The smallest absolute Gasteiger partial charge is 0.418 e. The molecule has 30 heavy (non-hydrogen) atoms. The van der Waals surface area contributed by atoms with Crippen LogP contribution in [0.2, 0.25) is 0 Å². The van der Waals surface area contributed by atoms with Gasteiger partial charge in [0.1, 0.15) is 5.76 Å². The number of carbonyl (C=O) groups excluding carboxylic acids is 2.